The number of nitrogens with two attached hydrogens (primary N) is 1. The van der Waals surface area contributed by atoms with Gasteiger partial charge in [0.25, 0.3) is 0 Å². The van der Waals surface area contributed by atoms with Crippen molar-refractivity contribution in [3.63, 3.8) is 0 Å². The Balaban J connectivity index is 1.82. The number of nitrogens with one attached hydrogen (secondary N) is 1. The number of hydrogen-bond donors (Lipinski definition) is 2. The van der Waals surface area contributed by atoms with Crippen LogP contribution in [0.15, 0.2) is 0 Å². The van der Waals surface area contributed by atoms with Crippen LogP contribution in [-0.2, 0) is 4.79 Å². The molecule has 0 spiro atoms. The molecule has 1 saturated carbocycles. The Morgan fingerprint density at radius 1 is 1.33 bits per heavy atom. The fourth-order valence-corrected chi connectivity index (χ4v) is 4.29. The number of carbonyl (C=O) groups is 1. The summed E-state index contributed by atoms with van der Waals surface area (Å²) in [6.07, 6.45) is 8.02. The molecule has 1 aliphatic heterocycles. The van der Waals surface area contributed by atoms with E-state index >= 15 is 0 Å². The van der Waals surface area contributed by atoms with Crippen LogP contribution in [0.3, 0.4) is 0 Å². The standard InChI is InChI=1S/C14H26N2OS/c1-14(8-5-9-18-14)10-16-13(17)11-6-3-2-4-7-12(11)15/h11-12H,2-10,15H2,1H3,(H,16,17). The number of hydrogen-bond acceptors (Lipinski definition) is 3. The van der Waals surface area contributed by atoms with Gasteiger partial charge in [0.2, 0.25) is 5.91 Å². The molecule has 18 heavy (non-hydrogen) atoms. The van der Waals surface area contributed by atoms with E-state index in [1.807, 2.05) is 11.8 Å². The van der Waals surface area contributed by atoms with Crippen molar-refractivity contribution in [1.82, 2.24) is 5.32 Å². The molecule has 0 bridgehead atoms. The van der Waals surface area contributed by atoms with Gasteiger partial charge in [0.05, 0.1) is 5.92 Å². The van der Waals surface area contributed by atoms with Crippen LogP contribution in [0, 0.1) is 5.92 Å². The number of amides is 1. The molecule has 3 atom stereocenters. The maximum Gasteiger partial charge on any atom is 0.224 e. The van der Waals surface area contributed by atoms with Gasteiger partial charge in [0, 0.05) is 17.3 Å². The van der Waals surface area contributed by atoms with Crippen LogP contribution in [0.4, 0.5) is 0 Å². The van der Waals surface area contributed by atoms with E-state index in [2.05, 4.69) is 12.2 Å². The highest BCUT2D eigenvalue weighted by atomic mass is 32.2. The van der Waals surface area contributed by atoms with E-state index in [0.717, 1.165) is 25.8 Å². The third kappa shape index (κ3) is 3.64. The van der Waals surface area contributed by atoms with E-state index in [-0.39, 0.29) is 22.6 Å². The van der Waals surface area contributed by atoms with Gasteiger partial charge in [0.1, 0.15) is 0 Å². The summed E-state index contributed by atoms with van der Waals surface area (Å²) >= 11 is 1.99. The second kappa shape index (κ2) is 6.29. The first kappa shape index (κ1) is 14.2. The van der Waals surface area contributed by atoms with Crippen LogP contribution in [0.25, 0.3) is 0 Å². The first-order valence-electron chi connectivity index (χ1n) is 7.28. The molecular weight excluding hydrogens is 244 g/mol. The lowest BCUT2D eigenvalue weighted by molar-refractivity contribution is -0.125. The molecule has 0 aromatic carbocycles. The van der Waals surface area contributed by atoms with Crippen molar-refractivity contribution in [3.8, 4) is 0 Å². The van der Waals surface area contributed by atoms with E-state index in [1.54, 1.807) is 0 Å². The molecule has 104 valence electrons. The van der Waals surface area contributed by atoms with Gasteiger partial charge >= 0.3 is 0 Å². The molecule has 0 radical (unpaired) electrons. The maximum atomic E-state index is 12.3. The van der Waals surface area contributed by atoms with Crippen LogP contribution in [0.1, 0.15) is 51.9 Å². The quantitative estimate of drug-likeness (QED) is 0.774. The lowest BCUT2D eigenvalue weighted by Crippen LogP contribution is -2.45. The smallest absolute Gasteiger partial charge is 0.224 e. The molecule has 3 N–H and O–H groups in total. The predicted octanol–water partition coefficient (Wildman–Crippen LogP) is 2.30. The summed E-state index contributed by atoms with van der Waals surface area (Å²) in [6.45, 7) is 3.07. The molecule has 0 aromatic rings. The molecule has 1 saturated heterocycles. The second-order valence-electron chi connectivity index (χ2n) is 6.03. The zero-order valence-corrected chi connectivity index (χ0v) is 12.2. The topological polar surface area (TPSA) is 55.1 Å². The Morgan fingerprint density at radius 3 is 2.83 bits per heavy atom. The highest BCUT2D eigenvalue weighted by molar-refractivity contribution is 8.00. The fraction of sp³-hybridized carbons (Fsp3) is 0.929. The zero-order valence-electron chi connectivity index (χ0n) is 11.4. The van der Waals surface area contributed by atoms with Gasteiger partial charge < -0.3 is 11.1 Å². The van der Waals surface area contributed by atoms with Gasteiger partial charge in [-0.1, -0.05) is 19.3 Å². The average Bonchev–Trinajstić information content (AvgIpc) is 2.66. The summed E-state index contributed by atoms with van der Waals surface area (Å²) in [5.41, 5.74) is 6.13. The number of rotatable bonds is 3. The maximum absolute atomic E-state index is 12.3. The lowest BCUT2D eigenvalue weighted by Gasteiger charge is -2.26. The van der Waals surface area contributed by atoms with Crippen molar-refractivity contribution >= 4 is 17.7 Å². The van der Waals surface area contributed by atoms with Crippen molar-refractivity contribution in [2.75, 3.05) is 12.3 Å². The van der Waals surface area contributed by atoms with Crippen molar-refractivity contribution < 1.29 is 4.79 Å². The third-order valence-corrected chi connectivity index (χ3v) is 5.88. The Bertz CT molecular complexity index is 290. The van der Waals surface area contributed by atoms with E-state index in [4.69, 9.17) is 5.73 Å². The van der Waals surface area contributed by atoms with Gasteiger partial charge in [-0.15, -0.1) is 0 Å². The van der Waals surface area contributed by atoms with E-state index in [0.29, 0.717) is 0 Å². The number of carbonyl (C=O) groups excluding carboxylic acids is 1. The molecule has 2 rings (SSSR count). The molecule has 4 heteroatoms. The molecule has 1 heterocycles. The van der Waals surface area contributed by atoms with Crippen molar-refractivity contribution in [3.05, 3.63) is 0 Å². The normalized spacial score (nSPS) is 37.2. The molecular formula is C14H26N2OS. The van der Waals surface area contributed by atoms with Crippen LogP contribution < -0.4 is 11.1 Å². The predicted molar refractivity (Wildman–Crippen MR) is 77.7 cm³/mol. The summed E-state index contributed by atoms with van der Waals surface area (Å²) in [6, 6.07) is 0.0662. The number of thioether (sulfide) groups is 1. The van der Waals surface area contributed by atoms with Crippen LogP contribution in [0.5, 0.6) is 0 Å². The monoisotopic (exact) mass is 270 g/mol. The van der Waals surface area contributed by atoms with Crippen LogP contribution >= 0.6 is 11.8 Å². The molecule has 2 aliphatic rings. The van der Waals surface area contributed by atoms with Crippen molar-refractivity contribution in [2.45, 2.75) is 62.7 Å². The van der Waals surface area contributed by atoms with Crippen LogP contribution in [0.2, 0.25) is 0 Å². The summed E-state index contributed by atoms with van der Waals surface area (Å²) in [7, 11) is 0. The highest BCUT2D eigenvalue weighted by Crippen LogP contribution is 2.37. The zero-order chi connectivity index (χ0) is 13.0. The Morgan fingerprint density at radius 2 is 2.11 bits per heavy atom. The first-order valence-corrected chi connectivity index (χ1v) is 8.27. The van der Waals surface area contributed by atoms with Crippen LogP contribution in [-0.4, -0.2) is 29.0 Å². The molecule has 3 unspecified atom stereocenters. The highest BCUT2D eigenvalue weighted by Gasteiger charge is 2.32. The third-order valence-electron chi connectivity index (χ3n) is 4.34. The fourth-order valence-electron chi connectivity index (χ4n) is 3.04. The average molecular weight is 270 g/mol. The second-order valence-corrected chi connectivity index (χ2v) is 7.71. The summed E-state index contributed by atoms with van der Waals surface area (Å²) in [5, 5.41) is 3.15. The summed E-state index contributed by atoms with van der Waals surface area (Å²) < 4.78 is 0.254. The Labute approximate surface area is 115 Å². The first-order chi connectivity index (χ1) is 8.61. The van der Waals surface area contributed by atoms with Gasteiger partial charge in [-0.25, -0.2) is 0 Å². The SMILES string of the molecule is CC1(CNC(=O)C2CCCCCC2N)CCCS1. The van der Waals surface area contributed by atoms with Gasteiger partial charge in [0.15, 0.2) is 0 Å². The Hall–Kier alpha value is -0.220. The van der Waals surface area contributed by atoms with Gasteiger partial charge in [-0.2, -0.15) is 11.8 Å². The minimum absolute atomic E-state index is 0.0440. The van der Waals surface area contributed by atoms with Crippen molar-refractivity contribution in [2.24, 2.45) is 11.7 Å². The Kier molecular flexibility index (Phi) is 4.96. The molecule has 1 amide bonds. The molecule has 1 aliphatic carbocycles. The van der Waals surface area contributed by atoms with Crippen molar-refractivity contribution in [1.29, 1.82) is 0 Å². The summed E-state index contributed by atoms with van der Waals surface area (Å²) in [4.78, 5) is 12.3. The molecule has 3 nitrogen and oxygen atoms in total. The van der Waals surface area contributed by atoms with E-state index in [9.17, 15) is 4.79 Å². The lowest BCUT2D eigenvalue weighted by atomic mass is 9.94. The summed E-state index contributed by atoms with van der Waals surface area (Å²) in [5.74, 6) is 1.47. The van der Waals surface area contributed by atoms with E-state index < -0.39 is 0 Å². The largest absolute Gasteiger partial charge is 0.354 e. The van der Waals surface area contributed by atoms with Gasteiger partial charge in [-0.3, -0.25) is 4.79 Å². The molecule has 0 aromatic heterocycles. The van der Waals surface area contributed by atoms with E-state index in [1.165, 1.54) is 31.4 Å². The van der Waals surface area contributed by atoms with Gasteiger partial charge in [-0.05, 0) is 38.4 Å². The minimum atomic E-state index is 0.0440. The minimum Gasteiger partial charge on any atom is -0.354 e. The molecule has 2 fully saturated rings.